The predicted octanol–water partition coefficient (Wildman–Crippen LogP) is 5.79. The summed E-state index contributed by atoms with van der Waals surface area (Å²) in [6.45, 7) is 0.457. The monoisotopic (exact) mass is 605 g/mol. The molecule has 0 aliphatic carbocycles. The van der Waals surface area contributed by atoms with E-state index in [9.17, 15) is 14.4 Å². The van der Waals surface area contributed by atoms with Crippen LogP contribution >= 0.6 is 24.0 Å². The normalized spacial score (nSPS) is 24.3. The Morgan fingerprint density at radius 2 is 1.35 bits per heavy atom. The standard InChI is InChI=1S/C34H27N3O4S2/c1-41-25-18-16-24(17-19-25)28-33(26-14-8-9-15-27(26)36(30(33)38)20-22-10-4-2-5-11-22)35-29(42)34(28)31(39)37(32(40)43-34)21-23-12-6-3-7-13-23/h2-19,28H,20-21H2,1H3,(H,35,42)/t28-,33+,34-/m1/s1. The molecule has 0 aromatic heterocycles. The van der Waals surface area contributed by atoms with Gasteiger partial charge in [-0.3, -0.25) is 19.3 Å². The predicted molar refractivity (Wildman–Crippen MR) is 170 cm³/mol. The molecule has 3 aliphatic heterocycles. The number of para-hydroxylation sites is 1. The fourth-order valence-electron chi connectivity index (χ4n) is 6.61. The average molecular weight is 606 g/mol. The number of benzene rings is 4. The molecule has 7 rings (SSSR count). The molecule has 0 unspecified atom stereocenters. The number of carbonyl (C=O) groups is 3. The SMILES string of the molecule is COc1ccc([C@H]2[C@@]3(SC(=O)N(Cc4ccccc4)C3=O)C(=S)N[C@]23C(=O)N(Cc2ccccc2)c2ccccc23)cc1. The smallest absolute Gasteiger partial charge is 0.290 e. The van der Waals surface area contributed by atoms with Crippen LogP contribution in [0.5, 0.6) is 5.75 Å². The first-order valence-electron chi connectivity index (χ1n) is 13.9. The molecule has 214 valence electrons. The van der Waals surface area contributed by atoms with Crippen LogP contribution in [0.4, 0.5) is 10.5 Å². The number of imide groups is 1. The van der Waals surface area contributed by atoms with E-state index < -0.39 is 27.4 Å². The lowest BCUT2D eigenvalue weighted by atomic mass is 9.71. The zero-order valence-corrected chi connectivity index (χ0v) is 24.9. The Morgan fingerprint density at radius 1 is 0.767 bits per heavy atom. The number of amides is 3. The summed E-state index contributed by atoms with van der Waals surface area (Å²) in [6, 6.07) is 34.1. The molecule has 0 bridgehead atoms. The van der Waals surface area contributed by atoms with Gasteiger partial charge in [0, 0.05) is 5.56 Å². The van der Waals surface area contributed by atoms with E-state index in [4.69, 9.17) is 17.0 Å². The second-order valence-corrected chi connectivity index (χ2v) is 12.4. The van der Waals surface area contributed by atoms with Gasteiger partial charge in [-0.15, -0.1) is 0 Å². The molecule has 43 heavy (non-hydrogen) atoms. The third-order valence-corrected chi connectivity index (χ3v) is 10.4. The van der Waals surface area contributed by atoms with Crippen LogP contribution in [0.2, 0.25) is 0 Å². The van der Waals surface area contributed by atoms with Crippen LogP contribution in [0, 0.1) is 0 Å². The summed E-state index contributed by atoms with van der Waals surface area (Å²) in [5.41, 5.74) is 2.54. The van der Waals surface area contributed by atoms with Crippen molar-refractivity contribution in [1.29, 1.82) is 0 Å². The molecular weight excluding hydrogens is 579 g/mol. The van der Waals surface area contributed by atoms with E-state index in [0.717, 1.165) is 34.1 Å². The van der Waals surface area contributed by atoms with Crippen molar-refractivity contribution in [1.82, 2.24) is 10.2 Å². The number of ether oxygens (including phenoxy) is 1. The average Bonchev–Trinajstić information content (AvgIpc) is 3.54. The Morgan fingerprint density at radius 3 is 1.98 bits per heavy atom. The minimum absolute atomic E-state index is 0.114. The van der Waals surface area contributed by atoms with Crippen molar-refractivity contribution in [3.63, 3.8) is 0 Å². The lowest BCUT2D eigenvalue weighted by Gasteiger charge is -2.35. The maximum atomic E-state index is 14.9. The molecule has 3 atom stereocenters. The minimum atomic E-state index is -1.53. The molecule has 3 aliphatic rings. The number of nitrogens with one attached hydrogen (secondary N) is 1. The Balaban J connectivity index is 1.40. The second kappa shape index (κ2) is 10.4. The topological polar surface area (TPSA) is 79.0 Å². The molecular formula is C34H27N3O4S2. The maximum absolute atomic E-state index is 14.9. The van der Waals surface area contributed by atoms with Gasteiger partial charge in [0.05, 0.1) is 31.8 Å². The molecule has 0 saturated carbocycles. The van der Waals surface area contributed by atoms with E-state index in [-0.39, 0.29) is 17.4 Å². The van der Waals surface area contributed by atoms with Crippen LogP contribution in [-0.4, -0.2) is 38.8 Å². The Hall–Kier alpha value is -4.47. The summed E-state index contributed by atoms with van der Waals surface area (Å²) in [5, 5.41) is 2.99. The molecule has 2 spiro atoms. The van der Waals surface area contributed by atoms with Crippen molar-refractivity contribution >= 4 is 51.7 Å². The van der Waals surface area contributed by atoms with Gasteiger partial charge in [0.1, 0.15) is 10.7 Å². The number of thioether (sulfide) groups is 1. The molecule has 4 aromatic rings. The number of nitrogens with zero attached hydrogens (tertiary/aromatic N) is 2. The van der Waals surface area contributed by atoms with Crippen molar-refractivity contribution in [3.8, 4) is 5.75 Å². The Kier molecular flexibility index (Phi) is 6.59. The van der Waals surface area contributed by atoms with Crippen molar-refractivity contribution in [2.75, 3.05) is 12.0 Å². The molecule has 1 N–H and O–H groups in total. The molecule has 3 amide bonds. The highest BCUT2D eigenvalue weighted by Gasteiger charge is 2.75. The lowest BCUT2D eigenvalue weighted by molar-refractivity contribution is -0.129. The Bertz CT molecular complexity index is 1770. The van der Waals surface area contributed by atoms with Crippen LogP contribution in [0.15, 0.2) is 109 Å². The first-order chi connectivity index (χ1) is 20.9. The summed E-state index contributed by atoms with van der Waals surface area (Å²) in [4.78, 5) is 46.4. The summed E-state index contributed by atoms with van der Waals surface area (Å²) < 4.78 is 3.89. The van der Waals surface area contributed by atoms with Gasteiger partial charge < -0.3 is 15.0 Å². The number of hydrogen-bond acceptors (Lipinski definition) is 6. The third-order valence-electron chi connectivity index (χ3n) is 8.54. The van der Waals surface area contributed by atoms with Crippen molar-refractivity contribution in [2.24, 2.45) is 0 Å². The highest BCUT2D eigenvalue weighted by molar-refractivity contribution is 8.17. The molecule has 3 heterocycles. The van der Waals surface area contributed by atoms with E-state index in [0.29, 0.717) is 17.9 Å². The lowest BCUT2D eigenvalue weighted by Crippen LogP contribution is -2.52. The van der Waals surface area contributed by atoms with Crippen LogP contribution in [-0.2, 0) is 28.2 Å². The maximum Gasteiger partial charge on any atom is 0.290 e. The van der Waals surface area contributed by atoms with Crippen molar-refractivity contribution < 1.29 is 19.1 Å². The molecule has 9 heteroatoms. The van der Waals surface area contributed by atoms with Gasteiger partial charge >= 0.3 is 0 Å². The molecule has 4 aromatic carbocycles. The van der Waals surface area contributed by atoms with Crippen molar-refractivity contribution in [2.45, 2.75) is 29.3 Å². The van der Waals surface area contributed by atoms with Crippen LogP contribution in [0.3, 0.4) is 0 Å². The van der Waals surface area contributed by atoms with E-state index in [1.165, 1.54) is 4.90 Å². The van der Waals surface area contributed by atoms with Gasteiger partial charge in [0.25, 0.3) is 17.1 Å². The summed E-state index contributed by atoms with van der Waals surface area (Å²) >= 11 is 6.90. The van der Waals surface area contributed by atoms with Gasteiger partial charge in [-0.2, -0.15) is 0 Å². The number of rotatable bonds is 6. The number of methoxy groups -OCH3 is 1. The second-order valence-electron chi connectivity index (χ2n) is 10.8. The fourth-order valence-corrected chi connectivity index (χ4v) is 8.41. The van der Waals surface area contributed by atoms with E-state index >= 15 is 0 Å². The Labute approximate surface area is 258 Å². The molecule has 7 nitrogen and oxygen atoms in total. The summed E-state index contributed by atoms with van der Waals surface area (Å²) in [7, 11) is 1.58. The number of thiocarbonyl (C=S) groups is 1. The van der Waals surface area contributed by atoms with E-state index in [1.807, 2.05) is 97.1 Å². The van der Waals surface area contributed by atoms with Crippen LogP contribution < -0.4 is 15.0 Å². The first kappa shape index (κ1) is 27.4. The quantitative estimate of drug-likeness (QED) is 0.279. The minimum Gasteiger partial charge on any atom is -0.497 e. The van der Waals surface area contributed by atoms with E-state index in [2.05, 4.69) is 5.32 Å². The number of carbonyl (C=O) groups excluding carboxylic acids is 3. The highest BCUT2D eigenvalue weighted by atomic mass is 32.2. The van der Waals surface area contributed by atoms with Gasteiger partial charge in [-0.25, -0.2) is 0 Å². The van der Waals surface area contributed by atoms with Gasteiger partial charge in [0.15, 0.2) is 10.3 Å². The fraction of sp³-hybridized carbons (Fsp3) is 0.176. The number of fused-ring (bicyclic) bond motifs is 2. The highest BCUT2D eigenvalue weighted by Crippen LogP contribution is 2.62. The zero-order chi connectivity index (χ0) is 29.8. The van der Waals surface area contributed by atoms with Crippen molar-refractivity contribution in [3.05, 3.63) is 131 Å². The van der Waals surface area contributed by atoms with E-state index in [1.54, 1.807) is 24.1 Å². The van der Waals surface area contributed by atoms with Gasteiger partial charge in [0.2, 0.25) is 0 Å². The summed E-state index contributed by atoms with van der Waals surface area (Å²) in [5.74, 6) is -0.834. The summed E-state index contributed by atoms with van der Waals surface area (Å²) in [6.07, 6.45) is 0. The number of hydrogen-bond donors (Lipinski definition) is 1. The molecule has 2 fully saturated rings. The van der Waals surface area contributed by atoms with Crippen LogP contribution in [0.1, 0.15) is 28.2 Å². The first-order valence-corrected chi connectivity index (χ1v) is 15.1. The number of anilines is 1. The van der Waals surface area contributed by atoms with Gasteiger partial charge in [-0.05, 0) is 46.7 Å². The largest absolute Gasteiger partial charge is 0.497 e. The molecule has 0 radical (unpaired) electrons. The zero-order valence-electron chi connectivity index (χ0n) is 23.2. The van der Waals surface area contributed by atoms with Gasteiger partial charge in [-0.1, -0.05) is 103 Å². The molecule has 2 saturated heterocycles. The van der Waals surface area contributed by atoms with Crippen LogP contribution in [0.25, 0.3) is 0 Å². The third kappa shape index (κ3) is 4.02.